The lowest BCUT2D eigenvalue weighted by Gasteiger charge is -2.09. The quantitative estimate of drug-likeness (QED) is 0.545. The Hall–Kier alpha value is -3.39. The summed E-state index contributed by atoms with van der Waals surface area (Å²) in [4.78, 5) is 42.1. The number of nitrogens with one attached hydrogen (secondary N) is 1. The molecule has 0 saturated heterocycles. The van der Waals surface area contributed by atoms with E-state index in [0.29, 0.717) is 22.4 Å². The van der Waals surface area contributed by atoms with Crippen molar-refractivity contribution in [3.8, 4) is 5.69 Å². The van der Waals surface area contributed by atoms with Crippen molar-refractivity contribution in [3.05, 3.63) is 71.5 Å². The first kappa shape index (κ1) is 18.0. The van der Waals surface area contributed by atoms with Crippen molar-refractivity contribution in [3.63, 3.8) is 0 Å². The highest BCUT2D eigenvalue weighted by atomic mass is 32.2. The van der Waals surface area contributed by atoms with Crippen LogP contribution in [0.25, 0.3) is 5.69 Å². The number of fused-ring (bicyclic) bond motifs is 1. The maximum atomic E-state index is 12.7. The Bertz CT molecular complexity index is 1120. The summed E-state index contributed by atoms with van der Waals surface area (Å²) in [6.45, 7) is 0. The van der Waals surface area contributed by atoms with E-state index in [2.05, 4.69) is 10.3 Å². The van der Waals surface area contributed by atoms with Gasteiger partial charge >= 0.3 is 0 Å². The van der Waals surface area contributed by atoms with E-state index in [9.17, 15) is 14.4 Å². The van der Waals surface area contributed by atoms with Gasteiger partial charge in [0.25, 0.3) is 17.7 Å². The van der Waals surface area contributed by atoms with Crippen molar-refractivity contribution in [2.45, 2.75) is 5.16 Å². The zero-order valence-electron chi connectivity index (χ0n) is 15.2. The van der Waals surface area contributed by atoms with Crippen LogP contribution in [0.5, 0.6) is 0 Å². The molecule has 0 atom stereocenters. The minimum atomic E-state index is -0.372. The van der Waals surface area contributed by atoms with Crippen molar-refractivity contribution in [1.82, 2.24) is 14.5 Å². The number of amides is 3. The topological polar surface area (TPSA) is 84.3 Å². The SMILES string of the molecule is CSc1nccn1-c1cccc(C(=O)Nc2ccc3c(c2)C(=O)N(C)C3=O)c1. The number of nitrogens with zero attached hydrogens (tertiary/aromatic N) is 3. The van der Waals surface area contributed by atoms with E-state index in [0.717, 1.165) is 15.7 Å². The van der Waals surface area contributed by atoms with E-state index < -0.39 is 0 Å². The van der Waals surface area contributed by atoms with Crippen molar-refractivity contribution >= 4 is 35.2 Å². The van der Waals surface area contributed by atoms with Crippen LogP contribution < -0.4 is 5.32 Å². The van der Waals surface area contributed by atoms with Gasteiger partial charge in [0.15, 0.2) is 5.16 Å². The van der Waals surface area contributed by atoms with E-state index >= 15 is 0 Å². The number of imide groups is 1. The predicted octanol–water partition coefficient (Wildman–Crippen LogP) is 3.07. The molecule has 1 N–H and O–H groups in total. The standard InChI is InChI=1S/C20H16N4O3S/c1-23-18(26)15-7-6-13(11-16(15)19(23)27)22-17(25)12-4-3-5-14(10-12)24-9-8-21-20(24)28-2/h3-11H,1-2H3,(H,22,25). The molecule has 8 heteroatoms. The first-order valence-electron chi connectivity index (χ1n) is 8.45. The molecule has 0 fully saturated rings. The Morgan fingerprint density at radius 3 is 2.64 bits per heavy atom. The molecule has 0 saturated carbocycles. The second-order valence-corrected chi connectivity index (χ2v) is 6.99. The van der Waals surface area contributed by atoms with Gasteiger partial charge in [-0.15, -0.1) is 0 Å². The Balaban J connectivity index is 1.59. The predicted molar refractivity (Wildman–Crippen MR) is 106 cm³/mol. The third-order valence-corrected chi connectivity index (χ3v) is 5.19. The highest BCUT2D eigenvalue weighted by Crippen LogP contribution is 2.25. The summed E-state index contributed by atoms with van der Waals surface area (Å²) in [5, 5.41) is 3.61. The van der Waals surface area contributed by atoms with Crippen LogP contribution in [0.4, 0.5) is 5.69 Å². The number of rotatable bonds is 4. The van der Waals surface area contributed by atoms with Crippen LogP contribution in [0.2, 0.25) is 0 Å². The van der Waals surface area contributed by atoms with E-state index in [-0.39, 0.29) is 17.7 Å². The highest BCUT2D eigenvalue weighted by molar-refractivity contribution is 7.98. The summed E-state index contributed by atoms with van der Waals surface area (Å²) in [6.07, 6.45) is 5.48. The van der Waals surface area contributed by atoms with Gasteiger partial charge in [0, 0.05) is 36.4 Å². The van der Waals surface area contributed by atoms with Crippen LogP contribution in [-0.2, 0) is 0 Å². The number of hydrogen-bond donors (Lipinski definition) is 1. The molecule has 2 aromatic carbocycles. The number of hydrogen-bond acceptors (Lipinski definition) is 5. The molecule has 1 aliphatic rings. The smallest absolute Gasteiger partial charge is 0.261 e. The third-order valence-electron chi connectivity index (χ3n) is 4.52. The van der Waals surface area contributed by atoms with Crippen LogP contribution in [0.3, 0.4) is 0 Å². The maximum Gasteiger partial charge on any atom is 0.261 e. The summed E-state index contributed by atoms with van der Waals surface area (Å²) in [5.41, 5.74) is 2.39. The number of carbonyl (C=O) groups excluding carboxylic acids is 3. The average molecular weight is 392 g/mol. The lowest BCUT2D eigenvalue weighted by molar-refractivity contribution is 0.0692. The molecule has 0 aliphatic carbocycles. The summed E-state index contributed by atoms with van der Waals surface area (Å²) in [5.74, 6) is -1.02. The molecule has 0 radical (unpaired) electrons. The normalized spacial score (nSPS) is 13.0. The fourth-order valence-corrected chi connectivity index (χ4v) is 3.61. The molecule has 28 heavy (non-hydrogen) atoms. The van der Waals surface area contributed by atoms with Crippen LogP contribution in [0.15, 0.2) is 60.0 Å². The minimum Gasteiger partial charge on any atom is -0.322 e. The highest BCUT2D eigenvalue weighted by Gasteiger charge is 2.32. The monoisotopic (exact) mass is 392 g/mol. The van der Waals surface area contributed by atoms with Crippen LogP contribution in [0, 0.1) is 0 Å². The number of aromatic nitrogens is 2. The fraction of sp³-hybridized carbons (Fsp3) is 0.100. The van der Waals surface area contributed by atoms with Gasteiger partial charge in [-0.1, -0.05) is 17.8 Å². The molecule has 2 heterocycles. The lowest BCUT2D eigenvalue weighted by Crippen LogP contribution is -2.24. The van der Waals surface area contributed by atoms with Crippen molar-refractivity contribution in [1.29, 1.82) is 0 Å². The zero-order valence-corrected chi connectivity index (χ0v) is 16.0. The number of anilines is 1. The first-order chi connectivity index (χ1) is 13.5. The second-order valence-electron chi connectivity index (χ2n) is 6.22. The van der Waals surface area contributed by atoms with Crippen molar-refractivity contribution in [2.75, 3.05) is 18.6 Å². The third kappa shape index (κ3) is 2.97. The fourth-order valence-electron chi connectivity index (χ4n) is 3.08. The Labute approximate surface area is 165 Å². The molecular weight excluding hydrogens is 376 g/mol. The molecule has 1 aromatic heterocycles. The number of imidazole rings is 1. The summed E-state index contributed by atoms with van der Waals surface area (Å²) >= 11 is 1.51. The summed E-state index contributed by atoms with van der Waals surface area (Å²) < 4.78 is 1.90. The first-order valence-corrected chi connectivity index (χ1v) is 9.67. The van der Waals surface area contributed by atoms with Gasteiger partial charge in [-0.2, -0.15) is 0 Å². The van der Waals surface area contributed by atoms with E-state index in [1.54, 1.807) is 36.5 Å². The van der Waals surface area contributed by atoms with Crippen molar-refractivity contribution in [2.24, 2.45) is 0 Å². The minimum absolute atomic E-state index is 0.294. The number of benzene rings is 2. The second kappa shape index (κ2) is 6.97. The van der Waals surface area contributed by atoms with Gasteiger partial charge in [0.05, 0.1) is 11.1 Å². The van der Waals surface area contributed by atoms with Gasteiger partial charge < -0.3 is 5.32 Å². The van der Waals surface area contributed by atoms with Crippen LogP contribution in [0.1, 0.15) is 31.1 Å². The van der Waals surface area contributed by atoms with Crippen LogP contribution >= 0.6 is 11.8 Å². The van der Waals surface area contributed by atoms with Gasteiger partial charge in [-0.25, -0.2) is 4.98 Å². The Kier molecular flexibility index (Phi) is 4.48. The van der Waals surface area contributed by atoms with Gasteiger partial charge in [0.2, 0.25) is 0 Å². The molecule has 7 nitrogen and oxygen atoms in total. The summed E-state index contributed by atoms with van der Waals surface area (Å²) in [6, 6.07) is 11.9. The van der Waals surface area contributed by atoms with Crippen LogP contribution in [-0.4, -0.2) is 45.5 Å². The largest absolute Gasteiger partial charge is 0.322 e. The molecular formula is C20H16N4O3S. The molecule has 3 aromatic rings. The zero-order chi connectivity index (χ0) is 19.8. The number of thioether (sulfide) groups is 1. The number of carbonyl (C=O) groups is 3. The van der Waals surface area contributed by atoms with Crippen molar-refractivity contribution < 1.29 is 14.4 Å². The Morgan fingerprint density at radius 1 is 1.07 bits per heavy atom. The maximum absolute atomic E-state index is 12.7. The molecule has 0 unspecified atom stereocenters. The van der Waals surface area contributed by atoms with E-state index in [4.69, 9.17) is 0 Å². The molecule has 1 aliphatic heterocycles. The molecule has 3 amide bonds. The van der Waals surface area contributed by atoms with E-state index in [1.807, 2.05) is 23.1 Å². The molecule has 4 rings (SSSR count). The molecule has 140 valence electrons. The van der Waals surface area contributed by atoms with Gasteiger partial charge in [-0.05, 0) is 42.7 Å². The molecule has 0 spiro atoms. The van der Waals surface area contributed by atoms with E-state index in [1.165, 1.54) is 24.9 Å². The Morgan fingerprint density at radius 2 is 1.86 bits per heavy atom. The lowest BCUT2D eigenvalue weighted by atomic mass is 10.1. The van der Waals surface area contributed by atoms with Gasteiger partial charge in [0.1, 0.15) is 0 Å². The molecule has 0 bridgehead atoms. The van der Waals surface area contributed by atoms with Gasteiger partial charge in [-0.3, -0.25) is 23.9 Å². The summed E-state index contributed by atoms with van der Waals surface area (Å²) in [7, 11) is 1.44. The average Bonchev–Trinajstić information content (AvgIpc) is 3.28.